The van der Waals surface area contributed by atoms with Gasteiger partial charge in [0.15, 0.2) is 0 Å². The molecule has 0 saturated carbocycles. The van der Waals surface area contributed by atoms with E-state index in [4.69, 9.17) is 16.8 Å². The molecule has 0 aromatic heterocycles. The molecule has 0 fully saturated rings. The maximum Gasteiger partial charge on any atom is 0.0543 e. The van der Waals surface area contributed by atoms with Gasteiger partial charge in [-0.05, 0) is 26.7 Å². The van der Waals surface area contributed by atoms with Crippen LogP contribution in [-0.2, 0) is 0 Å². The third kappa shape index (κ3) is 5.63. The van der Waals surface area contributed by atoms with E-state index in [2.05, 4.69) is 5.16 Å². The average molecular weight is 162 g/mol. The Labute approximate surface area is 66.2 Å². The van der Waals surface area contributed by atoms with Gasteiger partial charge < -0.3 is 5.21 Å². The second-order valence-corrected chi connectivity index (χ2v) is 2.76. The highest BCUT2D eigenvalue weighted by Gasteiger charge is 1.88. The third-order valence-corrected chi connectivity index (χ3v) is 1.26. The van der Waals surface area contributed by atoms with Crippen molar-refractivity contribution >= 4 is 17.3 Å². The Morgan fingerprint density at radius 1 is 1.60 bits per heavy atom. The van der Waals surface area contributed by atoms with Crippen molar-refractivity contribution in [2.75, 3.05) is 0 Å². The van der Waals surface area contributed by atoms with Gasteiger partial charge in [0.05, 0.1) is 5.71 Å². The second-order valence-electron chi connectivity index (χ2n) is 2.16. The number of rotatable bonds is 3. The monoisotopic (exact) mass is 161 g/mol. The number of hydrogen-bond donors (Lipinski definition) is 1. The fraction of sp³-hybridized carbons (Fsp3) is 0.571. The zero-order valence-electron chi connectivity index (χ0n) is 6.26. The fourth-order valence-electron chi connectivity index (χ4n) is 0.530. The van der Waals surface area contributed by atoms with Crippen LogP contribution in [0.1, 0.15) is 26.7 Å². The van der Waals surface area contributed by atoms with Gasteiger partial charge >= 0.3 is 0 Å². The molecule has 0 aliphatic rings. The van der Waals surface area contributed by atoms with Crippen LogP contribution in [0.5, 0.6) is 0 Å². The van der Waals surface area contributed by atoms with Crippen LogP contribution in [0.4, 0.5) is 0 Å². The lowest BCUT2D eigenvalue weighted by Crippen LogP contribution is -1.88. The number of allylic oxidation sites excluding steroid dienone is 2. The maximum absolute atomic E-state index is 8.23. The molecule has 0 atom stereocenters. The molecule has 10 heavy (non-hydrogen) atoms. The van der Waals surface area contributed by atoms with Crippen LogP contribution >= 0.6 is 11.6 Å². The van der Waals surface area contributed by atoms with Crippen molar-refractivity contribution < 1.29 is 5.21 Å². The summed E-state index contributed by atoms with van der Waals surface area (Å²) in [7, 11) is 0. The first-order chi connectivity index (χ1) is 4.66. The summed E-state index contributed by atoms with van der Waals surface area (Å²) in [6.45, 7) is 3.60. The van der Waals surface area contributed by atoms with E-state index in [1.165, 1.54) is 0 Å². The molecule has 0 saturated heterocycles. The minimum atomic E-state index is 0.731. The Kier molecular flexibility index (Phi) is 5.03. The average Bonchev–Trinajstić information content (AvgIpc) is 1.87. The Morgan fingerprint density at radius 3 is 2.60 bits per heavy atom. The molecule has 1 N–H and O–H groups in total. The molecule has 3 heteroatoms. The Hall–Kier alpha value is -0.500. The molecule has 0 bridgehead atoms. The van der Waals surface area contributed by atoms with Gasteiger partial charge in [0.2, 0.25) is 0 Å². The van der Waals surface area contributed by atoms with E-state index in [-0.39, 0.29) is 0 Å². The van der Waals surface area contributed by atoms with Gasteiger partial charge in [-0.1, -0.05) is 22.8 Å². The van der Waals surface area contributed by atoms with Crippen LogP contribution < -0.4 is 0 Å². The minimum Gasteiger partial charge on any atom is -0.411 e. The van der Waals surface area contributed by atoms with Crippen LogP contribution in [0.2, 0.25) is 0 Å². The lowest BCUT2D eigenvalue weighted by atomic mass is 10.2. The quantitative estimate of drug-likeness (QED) is 0.385. The van der Waals surface area contributed by atoms with Gasteiger partial charge in [-0.25, -0.2) is 0 Å². The first-order valence-electron chi connectivity index (χ1n) is 3.16. The molecule has 0 heterocycles. The van der Waals surface area contributed by atoms with Crippen LogP contribution in [0.3, 0.4) is 0 Å². The molecule has 0 unspecified atom stereocenters. The molecule has 0 aliphatic carbocycles. The zero-order valence-corrected chi connectivity index (χ0v) is 7.02. The lowest BCUT2D eigenvalue weighted by molar-refractivity contribution is 0.317. The molecule has 58 valence electrons. The summed E-state index contributed by atoms with van der Waals surface area (Å²) in [5.41, 5.74) is 0.731. The molecule has 0 rings (SSSR count). The van der Waals surface area contributed by atoms with Crippen molar-refractivity contribution in [2.45, 2.75) is 26.7 Å². The number of halogens is 1. The summed E-state index contributed by atoms with van der Waals surface area (Å²) in [6, 6.07) is 0. The van der Waals surface area contributed by atoms with E-state index in [9.17, 15) is 0 Å². The summed E-state index contributed by atoms with van der Waals surface area (Å²) >= 11 is 5.56. The largest absolute Gasteiger partial charge is 0.411 e. The molecule has 2 nitrogen and oxygen atoms in total. The topological polar surface area (TPSA) is 32.6 Å². The highest BCUT2D eigenvalue weighted by molar-refractivity contribution is 6.29. The van der Waals surface area contributed by atoms with Gasteiger partial charge in [-0.2, -0.15) is 0 Å². The second kappa shape index (κ2) is 5.30. The Balaban J connectivity index is 3.47. The number of oxime groups is 1. The zero-order chi connectivity index (χ0) is 7.98. The van der Waals surface area contributed by atoms with Crippen LogP contribution in [0, 0.1) is 0 Å². The summed E-state index contributed by atoms with van der Waals surface area (Å²) in [5.74, 6) is 0. The predicted octanol–water partition coefficient (Wildman–Crippen LogP) is 2.76. The van der Waals surface area contributed by atoms with Crippen molar-refractivity contribution in [1.82, 2.24) is 0 Å². The normalized spacial score (nSPS) is 13.9. The maximum atomic E-state index is 8.23. The molecule has 0 amide bonds. The van der Waals surface area contributed by atoms with Crippen LogP contribution in [-0.4, -0.2) is 10.9 Å². The standard InChI is InChI=1S/C7H12ClNO/c1-6(8)4-3-5-7(2)9-10/h4,10H,3,5H2,1-2H3/b6-4+,9-7?. The van der Waals surface area contributed by atoms with Gasteiger partial charge in [0.1, 0.15) is 0 Å². The molecule has 0 spiro atoms. The van der Waals surface area contributed by atoms with Gasteiger partial charge in [-0.3, -0.25) is 0 Å². The predicted molar refractivity (Wildman–Crippen MR) is 43.7 cm³/mol. The van der Waals surface area contributed by atoms with Crippen molar-refractivity contribution in [3.8, 4) is 0 Å². The van der Waals surface area contributed by atoms with E-state index < -0.39 is 0 Å². The number of hydrogen-bond acceptors (Lipinski definition) is 2. The summed E-state index contributed by atoms with van der Waals surface area (Å²) in [4.78, 5) is 0. The molecule has 0 aromatic rings. The molecule has 0 aromatic carbocycles. The highest BCUT2D eigenvalue weighted by Crippen LogP contribution is 2.02. The van der Waals surface area contributed by atoms with Crippen molar-refractivity contribution in [3.63, 3.8) is 0 Å². The Bertz CT molecular complexity index is 148. The van der Waals surface area contributed by atoms with Gasteiger partial charge in [0.25, 0.3) is 0 Å². The smallest absolute Gasteiger partial charge is 0.0543 e. The van der Waals surface area contributed by atoms with Crippen LogP contribution in [0.25, 0.3) is 0 Å². The van der Waals surface area contributed by atoms with Gasteiger partial charge in [0, 0.05) is 5.03 Å². The first kappa shape index (κ1) is 9.50. The van der Waals surface area contributed by atoms with Crippen molar-refractivity contribution in [2.24, 2.45) is 5.16 Å². The third-order valence-electron chi connectivity index (χ3n) is 1.10. The van der Waals surface area contributed by atoms with E-state index in [1.54, 1.807) is 6.92 Å². The van der Waals surface area contributed by atoms with E-state index in [1.807, 2.05) is 13.0 Å². The van der Waals surface area contributed by atoms with Crippen molar-refractivity contribution in [1.29, 1.82) is 0 Å². The number of nitrogens with zero attached hydrogens (tertiary/aromatic N) is 1. The van der Waals surface area contributed by atoms with Crippen molar-refractivity contribution in [3.05, 3.63) is 11.1 Å². The Morgan fingerprint density at radius 2 is 2.20 bits per heavy atom. The molecule has 0 aliphatic heterocycles. The van der Waals surface area contributed by atoms with E-state index in [0.29, 0.717) is 0 Å². The molecular formula is C7H12ClNO. The minimum absolute atomic E-state index is 0.731. The summed E-state index contributed by atoms with van der Waals surface area (Å²) in [6.07, 6.45) is 3.50. The molecular weight excluding hydrogens is 150 g/mol. The highest BCUT2D eigenvalue weighted by atomic mass is 35.5. The van der Waals surface area contributed by atoms with E-state index in [0.717, 1.165) is 23.6 Å². The lowest BCUT2D eigenvalue weighted by Gasteiger charge is -1.91. The fourth-order valence-corrected chi connectivity index (χ4v) is 0.639. The van der Waals surface area contributed by atoms with Gasteiger partial charge in [-0.15, -0.1) is 0 Å². The first-order valence-corrected chi connectivity index (χ1v) is 3.54. The summed E-state index contributed by atoms with van der Waals surface area (Å²) < 4.78 is 0. The van der Waals surface area contributed by atoms with E-state index >= 15 is 0 Å². The molecule has 0 radical (unpaired) electrons. The van der Waals surface area contributed by atoms with Crippen LogP contribution in [0.15, 0.2) is 16.3 Å². The summed E-state index contributed by atoms with van der Waals surface area (Å²) in [5, 5.41) is 12.0. The SMILES string of the molecule is CC(CC/C=C(\C)Cl)=NO.